The Morgan fingerprint density at radius 1 is 1.13 bits per heavy atom. The molecule has 0 saturated carbocycles. The number of aliphatic carboxylic acids is 2. The van der Waals surface area contributed by atoms with Crippen LogP contribution in [0.1, 0.15) is 54.4 Å². The Labute approximate surface area is 143 Å². The van der Waals surface area contributed by atoms with Crippen molar-refractivity contribution in [3.05, 3.63) is 23.3 Å². The summed E-state index contributed by atoms with van der Waals surface area (Å²) >= 11 is 6.84. The third kappa shape index (κ3) is 5.10. The summed E-state index contributed by atoms with van der Waals surface area (Å²) < 4.78 is 0. The number of carboxylic acid groups (broad SMARTS) is 2. The predicted octanol–water partition coefficient (Wildman–Crippen LogP) is 4.49. The van der Waals surface area contributed by atoms with Crippen LogP contribution in [-0.4, -0.2) is 27.0 Å². The lowest BCUT2D eigenvalue weighted by molar-refractivity contribution is -0.142. The van der Waals surface area contributed by atoms with Gasteiger partial charge < -0.3 is 10.2 Å². The van der Waals surface area contributed by atoms with Crippen LogP contribution in [0.2, 0.25) is 0 Å². The van der Waals surface area contributed by atoms with E-state index in [9.17, 15) is 19.8 Å². The number of hydrogen-bond donors (Lipinski definition) is 2. The summed E-state index contributed by atoms with van der Waals surface area (Å²) in [7, 11) is 0. The van der Waals surface area contributed by atoms with Crippen molar-refractivity contribution in [1.29, 1.82) is 0 Å². The van der Waals surface area contributed by atoms with Gasteiger partial charge in [0.15, 0.2) is 0 Å². The highest BCUT2D eigenvalue weighted by Crippen LogP contribution is 2.48. The van der Waals surface area contributed by atoms with Crippen LogP contribution in [0.3, 0.4) is 0 Å². The van der Waals surface area contributed by atoms with Crippen LogP contribution in [0.25, 0.3) is 0 Å². The van der Waals surface area contributed by atoms with E-state index in [1.165, 1.54) is 6.08 Å². The SMILES string of the molecule is CC(C)(C)CC1=C(C(=O)O)C(C(=O)O)C=CC1(Cl)CC(C)(C)C. The Morgan fingerprint density at radius 3 is 2.00 bits per heavy atom. The van der Waals surface area contributed by atoms with Gasteiger partial charge in [-0.2, -0.15) is 0 Å². The second-order valence-corrected chi connectivity index (χ2v) is 9.38. The number of rotatable bonds is 4. The third-order valence-corrected chi connectivity index (χ3v) is 4.17. The molecule has 2 atom stereocenters. The van der Waals surface area contributed by atoms with Crippen molar-refractivity contribution in [1.82, 2.24) is 0 Å². The van der Waals surface area contributed by atoms with Crippen molar-refractivity contribution >= 4 is 23.5 Å². The van der Waals surface area contributed by atoms with Crippen molar-refractivity contribution in [2.45, 2.75) is 59.3 Å². The van der Waals surface area contributed by atoms with Gasteiger partial charge in [-0.25, -0.2) is 4.79 Å². The van der Waals surface area contributed by atoms with Crippen LogP contribution in [0, 0.1) is 16.7 Å². The number of carbonyl (C=O) groups is 2. The fraction of sp³-hybridized carbons (Fsp3) is 0.667. The smallest absolute Gasteiger partial charge is 0.332 e. The molecule has 0 aromatic heterocycles. The van der Waals surface area contributed by atoms with Crippen LogP contribution in [-0.2, 0) is 9.59 Å². The summed E-state index contributed by atoms with van der Waals surface area (Å²) in [4.78, 5) is 22.3. The van der Waals surface area contributed by atoms with E-state index in [2.05, 4.69) is 0 Å². The highest BCUT2D eigenvalue weighted by Gasteiger charge is 2.44. The van der Waals surface area contributed by atoms with Gasteiger partial charge >= 0.3 is 11.9 Å². The summed E-state index contributed by atoms with van der Waals surface area (Å²) in [5, 5.41) is 19.0. The molecule has 130 valence electrons. The zero-order chi connectivity index (χ0) is 18.2. The first-order valence-electron chi connectivity index (χ1n) is 7.74. The molecule has 23 heavy (non-hydrogen) atoms. The van der Waals surface area contributed by atoms with Crippen LogP contribution >= 0.6 is 11.6 Å². The highest BCUT2D eigenvalue weighted by atomic mass is 35.5. The highest BCUT2D eigenvalue weighted by molar-refractivity contribution is 6.28. The van der Waals surface area contributed by atoms with E-state index in [0.29, 0.717) is 18.4 Å². The second-order valence-electron chi connectivity index (χ2n) is 8.71. The van der Waals surface area contributed by atoms with E-state index in [0.717, 1.165) is 0 Å². The monoisotopic (exact) mass is 342 g/mol. The summed E-state index contributed by atoms with van der Waals surface area (Å²) in [6.45, 7) is 12.1. The molecule has 4 nitrogen and oxygen atoms in total. The van der Waals surface area contributed by atoms with E-state index in [1.807, 2.05) is 41.5 Å². The minimum absolute atomic E-state index is 0.0887. The molecule has 0 fully saturated rings. The molecule has 0 saturated heterocycles. The fourth-order valence-corrected chi connectivity index (χ4v) is 3.68. The summed E-state index contributed by atoms with van der Waals surface area (Å²) in [6, 6.07) is 0. The van der Waals surface area contributed by atoms with Crippen LogP contribution in [0.15, 0.2) is 23.3 Å². The Hall–Kier alpha value is -1.29. The summed E-state index contributed by atoms with van der Waals surface area (Å²) in [6.07, 6.45) is 4.05. The molecule has 0 radical (unpaired) electrons. The van der Waals surface area contributed by atoms with E-state index in [4.69, 9.17) is 11.6 Å². The topological polar surface area (TPSA) is 74.6 Å². The number of allylic oxidation sites excluding steroid dienone is 2. The molecule has 1 aliphatic carbocycles. The van der Waals surface area contributed by atoms with Gasteiger partial charge in [0.25, 0.3) is 0 Å². The Balaban J connectivity index is 3.56. The molecular weight excluding hydrogens is 316 g/mol. The molecule has 0 amide bonds. The van der Waals surface area contributed by atoms with E-state index in [1.54, 1.807) is 6.08 Å². The molecule has 1 aliphatic rings. The van der Waals surface area contributed by atoms with E-state index in [-0.39, 0.29) is 16.4 Å². The molecule has 5 heteroatoms. The average molecular weight is 343 g/mol. The normalized spacial score (nSPS) is 25.6. The minimum atomic E-state index is -1.21. The lowest BCUT2D eigenvalue weighted by Crippen LogP contribution is -2.37. The Morgan fingerprint density at radius 2 is 1.65 bits per heavy atom. The lowest BCUT2D eigenvalue weighted by Gasteiger charge is -2.40. The third-order valence-electron chi connectivity index (χ3n) is 3.68. The first kappa shape index (κ1) is 19.8. The quantitative estimate of drug-likeness (QED) is 0.583. The van der Waals surface area contributed by atoms with Crippen molar-refractivity contribution in [3.8, 4) is 0 Å². The average Bonchev–Trinajstić information content (AvgIpc) is 2.26. The van der Waals surface area contributed by atoms with Gasteiger partial charge in [-0.3, -0.25) is 4.79 Å². The van der Waals surface area contributed by atoms with Crippen molar-refractivity contribution < 1.29 is 19.8 Å². The largest absolute Gasteiger partial charge is 0.481 e. The molecular formula is C18H27ClO4. The van der Waals surface area contributed by atoms with Gasteiger partial charge in [0.2, 0.25) is 0 Å². The maximum absolute atomic E-state index is 11.8. The molecule has 2 unspecified atom stereocenters. The maximum atomic E-state index is 11.8. The fourth-order valence-electron chi connectivity index (χ4n) is 3.03. The van der Waals surface area contributed by atoms with Crippen molar-refractivity contribution in [2.24, 2.45) is 16.7 Å². The molecule has 1 rings (SSSR count). The van der Waals surface area contributed by atoms with Gasteiger partial charge in [-0.15, -0.1) is 11.6 Å². The zero-order valence-corrected chi connectivity index (χ0v) is 15.5. The van der Waals surface area contributed by atoms with Gasteiger partial charge in [0.05, 0.1) is 10.4 Å². The van der Waals surface area contributed by atoms with Crippen molar-refractivity contribution in [2.75, 3.05) is 0 Å². The van der Waals surface area contributed by atoms with Crippen LogP contribution < -0.4 is 0 Å². The lowest BCUT2D eigenvalue weighted by atomic mass is 9.70. The van der Waals surface area contributed by atoms with Gasteiger partial charge in [-0.1, -0.05) is 53.7 Å². The van der Waals surface area contributed by atoms with E-state index < -0.39 is 22.7 Å². The maximum Gasteiger partial charge on any atom is 0.332 e. The Bertz CT molecular complexity index is 561. The molecule has 0 aromatic rings. The molecule has 0 heterocycles. The Kier molecular flexibility index (Phi) is 5.42. The first-order valence-corrected chi connectivity index (χ1v) is 8.12. The van der Waals surface area contributed by atoms with E-state index >= 15 is 0 Å². The second kappa shape index (κ2) is 6.31. The van der Waals surface area contributed by atoms with Gasteiger partial charge in [0.1, 0.15) is 5.92 Å². The summed E-state index contributed by atoms with van der Waals surface area (Å²) in [5.74, 6) is -3.53. The zero-order valence-electron chi connectivity index (χ0n) is 14.7. The standard InChI is InChI=1S/C18H27ClO4/c1-16(2,3)9-12-13(15(22)23)11(14(20)21)7-8-18(12,19)10-17(4,5)6/h7-8,11H,9-10H2,1-6H3,(H,20,21)(H,22,23). The van der Waals surface area contributed by atoms with Crippen LogP contribution in [0.4, 0.5) is 0 Å². The predicted molar refractivity (Wildman–Crippen MR) is 91.7 cm³/mol. The van der Waals surface area contributed by atoms with Gasteiger partial charge in [0, 0.05) is 0 Å². The molecule has 0 aliphatic heterocycles. The van der Waals surface area contributed by atoms with Gasteiger partial charge in [-0.05, 0) is 29.2 Å². The minimum Gasteiger partial charge on any atom is -0.481 e. The van der Waals surface area contributed by atoms with Crippen molar-refractivity contribution in [3.63, 3.8) is 0 Å². The number of carboxylic acids is 2. The number of halogens is 1. The molecule has 0 aromatic carbocycles. The first-order chi connectivity index (χ1) is 10.2. The number of hydrogen-bond acceptors (Lipinski definition) is 2. The molecule has 0 bridgehead atoms. The molecule has 0 spiro atoms. The summed E-state index contributed by atoms with van der Waals surface area (Å²) in [5.41, 5.74) is 0.0927. The van der Waals surface area contributed by atoms with Crippen LogP contribution in [0.5, 0.6) is 0 Å². The molecule has 2 N–H and O–H groups in total. The number of alkyl halides is 1.